The van der Waals surface area contributed by atoms with Gasteiger partial charge in [0.1, 0.15) is 17.6 Å². The first-order chi connectivity index (χ1) is 9.52. The number of ether oxygens (including phenoxy) is 3. The highest BCUT2D eigenvalue weighted by atomic mass is 19.1. The Morgan fingerprint density at radius 2 is 1.95 bits per heavy atom. The summed E-state index contributed by atoms with van der Waals surface area (Å²) in [5.74, 6) is -2.89. The summed E-state index contributed by atoms with van der Waals surface area (Å²) >= 11 is 0. The molecule has 20 heavy (non-hydrogen) atoms. The van der Waals surface area contributed by atoms with Crippen molar-refractivity contribution in [2.24, 2.45) is 5.92 Å². The molecule has 1 fully saturated rings. The minimum Gasteiger partial charge on any atom is -0.466 e. The standard InChI is InChI=1S/C14H16F2O4/c1-3-18-13(17)10(14-19-8(2)20-14)7-9-11(15)5-4-6-12(9)16/h4-6,8,10,14H,3,7H2,1-2H3. The van der Waals surface area contributed by atoms with Crippen LogP contribution in [-0.2, 0) is 25.4 Å². The van der Waals surface area contributed by atoms with Gasteiger partial charge in [0.05, 0.1) is 6.61 Å². The fraction of sp³-hybridized carbons (Fsp3) is 0.500. The Morgan fingerprint density at radius 1 is 1.35 bits per heavy atom. The maximum Gasteiger partial charge on any atom is 0.314 e. The first kappa shape index (κ1) is 14.9. The molecule has 1 saturated heterocycles. The van der Waals surface area contributed by atoms with E-state index in [-0.39, 0.29) is 18.6 Å². The summed E-state index contributed by atoms with van der Waals surface area (Å²) in [6, 6.07) is 3.56. The molecule has 6 heteroatoms. The molecule has 0 spiro atoms. The molecule has 0 radical (unpaired) electrons. The number of esters is 1. The number of benzene rings is 1. The summed E-state index contributed by atoms with van der Waals surface area (Å²) in [5, 5.41) is 0. The molecule has 0 aliphatic carbocycles. The van der Waals surface area contributed by atoms with Crippen LogP contribution < -0.4 is 0 Å². The molecule has 0 aromatic heterocycles. The molecule has 0 amide bonds. The van der Waals surface area contributed by atoms with Gasteiger partial charge in [-0.3, -0.25) is 4.79 Å². The quantitative estimate of drug-likeness (QED) is 0.780. The van der Waals surface area contributed by atoms with Gasteiger partial charge in [-0.25, -0.2) is 8.78 Å². The second kappa shape index (κ2) is 6.28. The van der Waals surface area contributed by atoms with Crippen molar-refractivity contribution in [1.82, 2.24) is 0 Å². The Hall–Kier alpha value is -1.53. The molecule has 2 rings (SSSR count). The van der Waals surface area contributed by atoms with Crippen molar-refractivity contribution in [3.63, 3.8) is 0 Å². The van der Waals surface area contributed by atoms with Crippen molar-refractivity contribution in [2.45, 2.75) is 32.8 Å². The number of carbonyl (C=O) groups excluding carboxylic acids is 1. The van der Waals surface area contributed by atoms with Crippen molar-refractivity contribution in [1.29, 1.82) is 0 Å². The van der Waals surface area contributed by atoms with Gasteiger partial charge in [-0.05, 0) is 32.4 Å². The van der Waals surface area contributed by atoms with Crippen LogP contribution in [0.4, 0.5) is 8.78 Å². The van der Waals surface area contributed by atoms with Gasteiger partial charge < -0.3 is 14.2 Å². The lowest BCUT2D eigenvalue weighted by atomic mass is 9.97. The molecular weight excluding hydrogens is 270 g/mol. The Bertz CT molecular complexity index is 466. The van der Waals surface area contributed by atoms with E-state index in [1.807, 2.05) is 0 Å². The van der Waals surface area contributed by atoms with Crippen molar-refractivity contribution in [2.75, 3.05) is 6.61 Å². The number of carbonyl (C=O) groups is 1. The molecule has 1 aromatic carbocycles. The number of halogens is 2. The van der Waals surface area contributed by atoms with E-state index in [0.717, 1.165) is 12.1 Å². The highest BCUT2D eigenvalue weighted by molar-refractivity contribution is 5.73. The Morgan fingerprint density at radius 3 is 2.45 bits per heavy atom. The average Bonchev–Trinajstić information content (AvgIpc) is 2.36. The summed E-state index contributed by atoms with van der Waals surface area (Å²) in [7, 11) is 0. The zero-order valence-electron chi connectivity index (χ0n) is 11.3. The third kappa shape index (κ3) is 3.13. The van der Waals surface area contributed by atoms with Gasteiger partial charge in [-0.15, -0.1) is 0 Å². The molecule has 1 heterocycles. The molecule has 1 atom stereocenters. The van der Waals surface area contributed by atoms with Crippen molar-refractivity contribution >= 4 is 5.97 Å². The van der Waals surface area contributed by atoms with E-state index >= 15 is 0 Å². The Labute approximate surface area is 115 Å². The molecule has 0 N–H and O–H groups in total. The lowest BCUT2D eigenvalue weighted by molar-refractivity contribution is -0.389. The largest absolute Gasteiger partial charge is 0.466 e. The summed E-state index contributed by atoms with van der Waals surface area (Å²) in [6.07, 6.45) is -1.43. The summed E-state index contributed by atoms with van der Waals surface area (Å²) < 4.78 is 42.7. The zero-order chi connectivity index (χ0) is 14.7. The van der Waals surface area contributed by atoms with Gasteiger partial charge in [0.15, 0.2) is 12.6 Å². The van der Waals surface area contributed by atoms with Crippen LogP contribution in [0.15, 0.2) is 18.2 Å². The lowest BCUT2D eigenvalue weighted by Gasteiger charge is -2.37. The topological polar surface area (TPSA) is 44.8 Å². The fourth-order valence-corrected chi connectivity index (χ4v) is 2.06. The van der Waals surface area contributed by atoms with Crippen molar-refractivity contribution in [3.05, 3.63) is 35.4 Å². The fourth-order valence-electron chi connectivity index (χ4n) is 2.06. The molecular formula is C14H16F2O4. The van der Waals surface area contributed by atoms with Gasteiger partial charge in [-0.1, -0.05) is 6.07 Å². The first-order valence-electron chi connectivity index (χ1n) is 6.43. The van der Waals surface area contributed by atoms with Gasteiger partial charge >= 0.3 is 5.97 Å². The van der Waals surface area contributed by atoms with Gasteiger partial charge in [0, 0.05) is 5.56 Å². The predicted octanol–water partition coefficient (Wildman–Crippen LogP) is 2.41. The zero-order valence-corrected chi connectivity index (χ0v) is 11.3. The van der Waals surface area contributed by atoms with E-state index in [4.69, 9.17) is 14.2 Å². The van der Waals surface area contributed by atoms with Crippen LogP contribution in [0.1, 0.15) is 19.4 Å². The highest BCUT2D eigenvalue weighted by Gasteiger charge is 2.40. The van der Waals surface area contributed by atoms with Crippen LogP contribution in [0.25, 0.3) is 0 Å². The molecule has 110 valence electrons. The minimum atomic E-state index is -0.891. The molecule has 4 nitrogen and oxygen atoms in total. The second-order valence-electron chi connectivity index (χ2n) is 4.47. The van der Waals surface area contributed by atoms with Crippen LogP contribution in [0.5, 0.6) is 0 Å². The van der Waals surface area contributed by atoms with E-state index < -0.39 is 36.1 Å². The van der Waals surface area contributed by atoms with Crippen molar-refractivity contribution in [3.8, 4) is 0 Å². The molecule has 1 aliphatic heterocycles. The maximum atomic E-state index is 13.6. The summed E-state index contributed by atoms with van der Waals surface area (Å²) in [4.78, 5) is 11.9. The third-order valence-corrected chi connectivity index (χ3v) is 3.06. The molecule has 1 aliphatic rings. The molecule has 0 bridgehead atoms. The van der Waals surface area contributed by atoms with Crippen LogP contribution >= 0.6 is 0 Å². The van der Waals surface area contributed by atoms with Crippen LogP contribution in [0.2, 0.25) is 0 Å². The monoisotopic (exact) mass is 286 g/mol. The molecule has 1 aromatic rings. The third-order valence-electron chi connectivity index (χ3n) is 3.06. The van der Waals surface area contributed by atoms with Crippen LogP contribution in [0.3, 0.4) is 0 Å². The molecule has 1 unspecified atom stereocenters. The Balaban J connectivity index is 2.17. The number of hydrogen-bond donors (Lipinski definition) is 0. The lowest BCUT2D eigenvalue weighted by Crippen LogP contribution is -2.48. The van der Waals surface area contributed by atoms with Crippen LogP contribution in [0, 0.1) is 17.6 Å². The average molecular weight is 286 g/mol. The first-order valence-corrected chi connectivity index (χ1v) is 6.43. The second-order valence-corrected chi connectivity index (χ2v) is 4.47. The van der Waals surface area contributed by atoms with Gasteiger partial charge in [0.25, 0.3) is 0 Å². The normalized spacial score (nSPS) is 23.0. The molecule has 0 saturated carbocycles. The van der Waals surface area contributed by atoms with E-state index in [1.165, 1.54) is 6.07 Å². The van der Waals surface area contributed by atoms with E-state index in [1.54, 1.807) is 13.8 Å². The predicted molar refractivity (Wildman–Crippen MR) is 65.6 cm³/mol. The smallest absolute Gasteiger partial charge is 0.314 e. The van der Waals surface area contributed by atoms with Gasteiger partial charge in [0.2, 0.25) is 0 Å². The van der Waals surface area contributed by atoms with E-state index in [2.05, 4.69) is 0 Å². The number of rotatable bonds is 5. The number of hydrogen-bond acceptors (Lipinski definition) is 4. The van der Waals surface area contributed by atoms with E-state index in [9.17, 15) is 13.6 Å². The van der Waals surface area contributed by atoms with E-state index in [0.29, 0.717) is 0 Å². The maximum absolute atomic E-state index is 13.6. The minimum absolute atomic E-state index is 0.169. The summed E-state index contributed by atoms with van der Waals surface area (Å²) in [6.45, 7) is 3.50. The SMILES string of the molecule is CCOC(=O)C(Cc1c(F)cccc1F)C1OC(C)O1. The summed E-state index contributed by atoms with van der Waals surface area (Å²) in [5.41, 5.74) is -0.169. The van der Waals surface area contributed by atoms with Crippen LogP contribution in [-0.4, -0.2) is 25.2 Å². The van der Waals surface area contributed by atoms with Gasteiger partial charge in [-0.2, -0.15) is 0 Å². The Kier molecular flexibility index (Phi) is 4.67. The highest BCUT2D eigenvalue weighted by Crippen LogP contribution is 2.28. The van der Waals surface area contributed by atoms with Crippen molar-refractivity contribution < 1.29 is 27.8 Å².